The Morgan fingerprint density at radius 2 is 2.00 bits per heavy atom. The Hall–Kier alpha value is -2.89. The summed E-state index contributed by atoms with van der Waals surface area (Å²) in [6.07, 6.45) is 3.74. The standard InChI is InChI=1S/C14H13N3O3/c15-14-12(17(18)19)8-9-13(16-14)20-10-4-7-11-5-2-1-3-6-11/h1-9H,10H2,(H2,15,16)/b7-4+. The highest BCUT2D eigenvalue weighted by Crippen LogP contribution is 2.21. The van der Waals surface area contributed by atoms with Gasteiger partial charge in [-0.05, 0) is 11.6 Å². The summed E-state index contributed by atoms with van der Waals surface area (Å²) in [4.78, 5) is 13.8. The van der Waals surface area contributed by atoms with E-state index < -0.39 is 4.92 Å². The topological polar surface area (TPSA) is 91.3 Å². The third-order valence-electron chi connectivity index (χ3n) is 2.51. The summed E-state index contributed by atoms with van der Waals surface area (Å²) in [5.74, 6) is 0.102. The zero-order valence-electron chi connectivity index (χ0n) is 10.6. The van der Waals surface area contributed by atoms with E-state index in [0.29, 0.717) is 6.61 Å². The molecule has 2 N–H and O–H groups in total. The Morgan fingerprint density at radius 1 is 1.25 bits per heavy atom. The number of pyridine rings is 1. The van der Waals surface area contributed by atoms with E-state index in [1.54, 1.807) is 0 Å². The summed E-state index contributed by atoms with van der Waals surface area (Å²) >= 11 is 0. The first kappa shape index (κ1) is 13.5. The van der Waals surface area contributed by atoms with Crippen molar-refractivity contribution in [3.05, 3.63) is 64.2 Å². The van der Waals surface area contributed by atoms with Gasteiger partial charge >= 0.3 is 5.69 Å². The monoisotopic (exact) mass is 271 g/mol. The molecule has 1 heterocycles. The molecule has 0 atom stereocenters. The smallest absolute Gasteiger partial charge is 0.311 e. The number of anilines is 1. The quantitative estimate of drug-likeness (QED) is 0.666. The van der Waals surface area contributed by atoms with Gasteiger partial charge in [0, 0.05) is 12.1 Å². The molecule has 0 amide bonds. The molecule has 0 aliphatic rings. The van der Waals surface area contributed by atoms with Crippen LogP contribution in [-0.4, -0.2) is 16.5 Å². The fraction of sp³-hybridized carbons (Fsp3) is 0.0714. The number of ether oxygens (including phenoxy) is 1. The Balaban J connectivity index is 1.93. The molecular weight excluding hydrogens is 258 g/mol. The maximum atomic E-state index is 10.6. The van der Waals surface area contributed by atoms with Crippen molar-refractivity contribution in [1.82, 2.24) is 4.98 Å². The molecule has 1 aromatic carbocycles. The number of nitrogen functional groups attached to an aromatic ring is 1. The van der Waals surface area contributed by atoms with E-state index >= 15 is 0 Å². The van der Waals surface area contributed by atoms with Gasteiger partial charge in [-0.25, -0.2) is 0 Å². The first-order valence-electron chi connectivity index (χ1n) is 5.92. The lowest BCUT2D eigenvalue weighted by Crippen LogP contribution is -2.01. The Labute approximate surface area is 115 Å². The zero-order valence-corrected chi connectivity index (χ0v) is 10.6. The molecule has 20 heavy (non-hydrogen) atoms. The number of nitrogens with two attached hydrogens (primary N) is 1. The van der Waals surface area contributed by atoms with Crippen LogP contribution in [-0.2, 0) is 0 Å². The molecule has 2 rings (SSSR count). The molecule has 0 fully saturated rings. The van der Waals surface area contributed by atoms with Crippen LogP contribution in [0.5, 0.6) is 5.88 Å². The predicted octanol–water partition coefficient (Wildman–Crippen LogP) is 2.66. The lowest BCUT2D eigenvalue weighted by Gasteiger charge is -2.03. The van der Waals surface area contributed by atoms with Gasteiger partial charge in [-0.15, -0.1) is 0 Å². The summed E-state index contributed by atoms with van der Waals surface area (Å²) in [7, 11) is 0. The minimum Gasteiger partial charge on any atom is -0.473 e. The van der Waals surface area contributed by atoms with Crippen molar-refractivity contribution >= 4 is 17.6 Å². The molecule has 0 unspecified atom stereocenters. The van der Waals surface area contributed by atoms with Crippen molar-refractivity contribution in [3.63, 3.8) is 0 Å². The first-order chi connectivity index (χ1) is 9.66. The molecule has 0 radical (unpaired) electrons. The number of benzene rings is 1. The molecule has 1 aromatic heterocycles. The van der Waals surface area contributed by atoms with Crippen LogP contribution in [0.2, 0.25) is 0 Å². The molecule has 0 saturated heterocycles. The largest absolute Gasteiger partial charge is 0.473 e. The van der Waals surface area contributed by atoms with Crippen molar-refractivity contribution in [3.8, 4) is 5.88 Å². The van der Waals surface area contributed by atoms with Crippen molar-refractivity contribution in [2.75, 3.05) is 12.3 Å². The number of nitrogens with zero attached hydrogens (tertiary/aromatic N) is 2. The summed E-state index contributed by atoms with van der Waals surface area (Å²) in [5, 5.41) is 10.6. The second-order valence-corrected chi connectivity index (χ2v) is 3.94. The molecule has 102 valence electrons. The van der Waals surface area contributed by atoms with E-state index in [9.17, 15) is 10.1 Å². The van der Waals surface area contributed by atoms with E-state index in [0.717, 1.165) is 5.56 Å². The van der Waals surface area contributed by atoms with Crippen LogP contribution < -0.4 is 10.5 Å². The molecule has 0 bridgehead atoms. The van der Waals surface area contributed by atoms with Crippen LogP contribution in [0.15, 0.2) is 48.5 Å². The van der Waals surface area contributed by atoms with Gasteiger partial charge in [0.1, 0.15) is 6.61 Å². The molecule has 6 nitrogen and oxygen atoms in total. The minimum absolute atomic E-state index is 0.153. The van der Waals surface area contributed by atoms with Crippen LogP contribution in [0.4, 0.5) is 11.5 Å². The number of aromatic nitrogens is 1. The maximum absolute atomic E-state index is 10.6. The third-order valence-corrected chi connectivity index (χ3v) is 2.51. The van der Waals surface area contributed by atoms with Crippen LogP contribution in [0, 0.1) is 10.1 Å². The lowest BCUT2D eigenvalue weighted by molar-refractivity contribution is -0.384. The van der Waals surface area contributed by atoms with E-state index in [1.165, 1.54) is 12.1 Å². The van der Waals surface area contributed by atoms with Crippen LogP contribution in [0.3, 0.4) is 0 Å². The highest BCUT2D eigenvalue weighted by Gasteiger charge is 2.12. The van der Waals surface area contributed by atoms with Gasteiger partial charge in [0.05, 0.1) is 4.92 Å². The number of nitro groups is 1. The van der Waals surface area contributed by atoms with Crippen LogP contribution >= 0.6 is 0 Å². The number of hydrogen-bond donors (Lipinski definition) is 1. The van der Waals surface area contributed by atoms with E-state index in [4.69, 9.17) is 10.5 Å². The van der Waals surface area contributed by atoms with Gasteiger partial charge in [0.25, 0.3) is 0 Å². The van der Waals surface area contributed by atoms with Crippen LogP contribution in [0.25, 0.3) is 6.08 Å². The summed E-state index contributed by atoms with van der Waals surface area (Å²) in [6.45, 7) is 0.305. The van der Waals surface area contributed by atoms with E-state index in [1.807, 2.05) is 42.5 Å². The summed E-state index contributed by atoms with van der Waals surface area (Å²) in [6, 6.07) is 12.5. The van der Waals surface area contributed by atoms with Gasteiger partial charge in [0.15, 0.2) is 0 Å². The van der Waals surface area contributed by atoms with Gasteiger partial charge in [0.2, 0.25) is 11.7 Å². The summed E-state index contributed by atoms with van der Waals surface area (Å²) < 4.78 is 5.34. The number of rotatable bonds is 5. The van der Waals surface area contributed by atoms with Gasteiger partial charge in [-0.1, -0.05) is 36.4 Å². The normalized spacial score (nSPS) is 10.6. The molecule has 6 heteroatoms. The molecule has 0 aliphatic heterocycles. The molecule has 0 saturated carbocycles. The number of hydrogen-bond acceptors (Lipinski definition) is 5. The lowest BCUT2D eigenvalue weighted by atomic mass is 10.2. The average Bonchev–Trinajstić information content (AvgIpc) is 2.44. The SMILES string of the molecule is Nc1nc(OC/C=C/c2ccccc2)ccc1[N+](=O)[O-]. The predicted molar refractivity (Wildman–Crippen MR) is 76.3 cm³/mol. The minimum atomic E-state index is -0.582. The van der Waals surface area contributed by atoms with Crippen molar-refractivity contribution in [1.29, 1.82) is 0 Å². The fourth-order valence-electron chi connectivity index (χ4n) is 1.57. The van der Waals surface area contributed by atoms with Crippen LogP contribution in [0.1, 0.15) is 5.56 Å². The molecular formula is C14H13N3O3. The maximum Gasteiger partial charge on any atom is 0.311 e. The Kier molecular flexibility index (Phi) is 4.28. The van der Waals surface area contributed by atoms with E-state index in [2.05, 4.69) is 4.98 Å². The Morgan fingerprint density at radius 3 is 2.65 bits per heavy atom. The molecule has 0 spiro atoms. The van der Waals surface area contributed by atoms with E-state index in [-0.39, 0.29) is 17.4 Å². The Bertz CT molecular complexity index is 627. The summed E-state index contributed by atoms with van der Waals surface area (Å²) in [5.41, 5.74) is 6.30. The van der Waals surface area contributed by atoms with Gasteiger partial charge in [-0.3, -0.25) is 10.1 Å². The highest BCUT2D eigenvalue weighted by molar-refractivity contribution is 5.53. The van der Waals surface area contributed by atoms with Gasteiger partial charge < -0.3 is 10.5 Å². The average molecular weight is 271 g/mol. The first-order valence-corrected chi connectivity index (χ1v) is 5.92. The molecule has 2 aromatic rings. The highest BCUT2D eigenvalue weighted by atomic mass is 16.6. The van der Waals surface area contributed by atoms with Crippen molar-refractivity contribution in [2.45, 2.75) is 0 Å². The fourth-order valence-corrected chi connectivity index (χ4v) is 1.57. The zero-order chi connectivity index (χ0) is 14.4. The van der Waals surface area contributed by atoms with Gasteiger partial charge in [-0.2, -0.15) is 4.98 Å². The second kappa shape index (κ2) is 6.33. The third kappa shape index (κ3) is 3.55. The van der Waals surface area contributed by atoms with Crippen molar-refractivity contribution in [2.24, 2.45) is 0 Å². The van der Waals surface area contributed by atoms with Crippen molar-refractivity contribution < 1.29 is 9.66 Å². The molecule has 0 aliphatic carbocycles. The second-order valence-electron chi connectivity index (χ2n) is 3.94.